The molecule has 1 aromatic rings. The maximum Gasteiger partial charge on any atom is 0.127 e. The summed E-state index contributed by atoms with van der Waals surface area (Å²) >= 11 is 2.05. The SMILES string of the molecule is CNC(c1ccc(OC)cc1OC)C1(C)CCCS1. The first kappa shape index (κ1) is 14.5. The lowest BCUT2D eigenvalue weighted by molar-refractivity contribution is 0.373. The molecule has 106 valence electrons. The number of hydrogen-bond donors (Lipinski definition) is 1. The van der Waals surface area contributed by atoms with E-state index in [1.54, 1.807) is 14.2 Å². The van der Waals surface area contributed by atoms with Crippen LogP contribution < -0.4 is 14.8 Å². The maximum absolute atomic E-state index is 5.55. The van der Waals surface area contributed by atoms with Crippen molar-refractivity contribution in [2.24, 2.45) is 0 Å². The van der Waals surface area contributed by atoms with Crippen molar-refractivity contribution in [2.45, 2.75) is 30.6 Å². The monoisotopic (exact) mass is 281 g/mol. The summed E-state index contributed by atoms with van der Waals surface area (Å²) in [5.41, 5.74) is 1.21. The predicted molar refractivity (Wildman–Crippen MR) is 81.4 cm³/mol. The second kappa shape index (κ2) is 6.06. The third-order valence-corrected chi connectivity index (χ3v) is 5.49. The lowest BCUT2D eigenvalue weighted by Crippen LogP contribution is -2.35. The Labute approximate surface area is 120 Å². The fourth-order valence-corrected chi connectivity index (χ4v) is 4.33. The molecule has 1 aliphatic heterocycles. The van der Waals surface area contributed by atoms with Crippen molar-refractivity contribution in [1.29, 1.82) is 0 Å². The standard InChI is InChI=1S/C15H23NO2S/c1-15(8-5-9-19-15)14(16-2)12-7-6-11(17-3)10-13(12)18-4/h6-7,10,14,16H,5,8-9H2,1-4H3. The van der Waals surface area contributed by atoms with Crippen LogP contribution in [0.4, 0.5) is 0 Å². The van der Waals surface area contributed by atoms with Crippen LogP contribution >= 0.6 is 11.8 Å². The first-order valence-corrected chi connectivity index (χ1v) is 7.66. The minimum absolute atomic E-state index is 0.233. The zero-order chi connectivity index (χ0) is 13.9. The third-order valence-electron chi connectivity index (χ3n) is 3.90. The summed E-state index contributed by atoms with van der Waals surface area (Å²) in [5.74, 6) is 2.97. The van der Waals surface area contributed by atoms with Crippen LogP contribution in [0.25, 0.3) is 0 Å². The second-order valence-electron chi connectivity index (χ2n) is 5.09. The van der Waals surface area contributed by atoms with E-state index in [1.165, 1.54) is 24.2 Å². The van der Waals surface area contributed by atoms with Gasteiger partial charge in [0, 0.05) is 16.4 Å². The van der Waals surface area contributed by atoms with Gasteiger partial charge in [0.1, 0.15) is 11.5 Å². The van der Waals surface area contributed by atoms with Gasteiger partial charge in [-0.05, 0) is 38.6 Å². The fraction of sp³-hybridized carbons (Fsp3) is 0.600. The van der Waals surface area contributed by atoms with Crippen LogP contribution in [0.1, 0.15) is 31.4 Å². The van der Waals surface area contributed by atoms with Gasteiger partial charge in [0.25, 0.3) is 0 Å². The van der Waals surface area contributed by atoms with Gasteiger partial charge in [-0.1, -0.05) is 6.07 Å². The average molecular weight is 281 g/mol. The lowest BCUT2D eigenvalue weighted by Gasteiger charge is -2.34. The molecule has 2 atom stereocenters. The molecule has 0 amide bonds. The molecule has 0 radical (unpaired) electrons. The summed E-state index contributed by atoms with van der Waals surface area (Å²) in [6.45, 7) is 2.34. The molecule has 1 saturated heterocycles. The van der Waals surface area contributed by atoms with Gasteiger partial charge >= 0.3 is 0 Å². The van der Waals surface area contributed by atoms with Gasteiger partial charge < -0.3 is 14.8 Å². The van der Waals surface area contributed by atoms with E-state index < -0.39 is 0 Å². The van der Waals surface area contributed by atoms with Crippen molar-refractivity contribution in [1.82, 2.24) is 5.32 Å². The van der Waals surface area contributed by atoms with E-state index in [0.29, 0.717) is 6.04 Å². The van der Waals surface area contributed by atoms with E-state index in [-0.39, 0.29) is 4.75 Å². The van der Waals surface area contributed by atoms with Gasteiger partial charge in [0.05, 0.1) is 20.3 Å². The second-order valence-corrected chi connectivity index (χ2v) is 6.72. The Kier molecular flexibility index (Phi) is 4.63. The van der Waals surface area contributed by atoms with Crippen molar-refractivity contribution in [2.75, 3.05) is 27.0 Å². The highest BCUT2D eigenvalue weighted by atomic mass is 32.2. The van der Waals surface area contributed by atoms with Crippen molar-refractivity contribution in [3.63, 3.8) is 0 Å². The summed E-state index contributed by atoms with van der Waals surface area (Å²) in [5, 5.41) is 3.47. The van der Waals surface area contributed by atoms with E-state index in [1.807, 2.05) is 19.2 Å². The van der Waals surface area contributed by atoms with Gasteiger partial charge in [0.15, 0.2) is 0 Å². The van der Waals surface area contributed by atoms with Crippen LogP contribution in [-0.4, -0.2) is 31.8 Å². The molecule has 2 rings (SSSR count). The van der Waals surface area contributed by atoms with Crippen molar-refractivity contribution < 1.29 is 9.47 Å². The van der Waals surface area contributed by atoms with E-state index >= 15 is 0 Å². The molecule has 3 nitrogen and oxygen atoms in total. The number of rotatable bonds is 5. The maximum atomic E-state index is 5.55. The van der Waals surface area contributed by atoms with Crippen molar-refractivity contribution in [3.05, 3.63) is 23.8 Å². The molecule has 1 N–H and O–H groups in total. The zero-order valence-electron chi connectivity index (χ0n) is 12.2. The highest BCUT2D eigenvalue weighted by Gasteiger charge is 2.39. The highest BCUT2D eigenvalue weighted by molar-refractivity contribution is 8.00. The van der Waals surface area contributed by atoms with Gasteiger partial charge in [0.2, 0.25) is 0 Å². The quantitative estimate of drug-likeness (QED) is 0.897. The summed E-state index contributed by atoms with van der Waals surface area (Å²) in [7, 11) is 5.42. The summed E-state index contributed by atoms with van der Waals surface area (Å²) < 4.78 is 11.0. The van der Waals surface area contributed by atoms with Crippen molar-refractivity contribution in [3.8, 4) is 11.5 Å². The fourth-order valence-electron chi connectivity index (χ4n) is 2.88. The topological polar surface area (TPSA) is 30.5 Å². The summed E-state index contributed by atoms with van der Waals surface area (Å²) in [4.78, 5) is 0. The van der Waals surface area contributed by atoms with Crippen LogP contribution in [0, 0.1) is 0 Å². The normalized spacial score (nSPS) is 24.2. The van der Waals surface area contributed by atoms with Crippen LogP contribution in [0.3, 0.4) is 0 Å². The minimum atomic E-state index is 0.233. The van der Waals surface area contributed by atoms with Crippen LogP contribution in [0.5, 0.6) is 11.5 Å². The van der Waals surface area contributed by atoms with Gasteiger partial charge in [-0.15, -0.1) is 0 Å². The minimum Gasteiger partial charge on any atom is -0.497 e. The van der Waals surface area contributed by atoms with E-state index in [9.17, 15) is 0 Å². The number of benzene rings is 1. The molecule has 0 spiro atoms. The smallest absolute Gasteiger partial charge is 0.127 e. The third kappa shape index (κ3) is 2.84. The molecule has 1 aromatic carbocycles. The molecule has 0 saturated carbocycles. The molecule has 1 fully saturated rings. The Morgan fingerprint density at radius 3 is 2.63 bits per heavy atom. The first-order valence-electron chi connectivity index (χ1n) is 6.68. The Hall–Kier alpha value is -0.870. The first-order chi connectivity index (χ1) is 9.14. The molecule has 1 aliphatic rings. The molecule has 0 aliphatic carbocycles. The van der Waals surface area contributed by atoms with Crippen LogP contribution in [0.2, 0.25) is 0 Å². The zero-order valence-corrected chi connectivity index (χ0v) is 13.0. The van der Waals surface area contributed by atoms with Gasteiger partial charge in [-0.25, -0.2) is 0 Å². The molecule has 0 bridgehead atoms. The Bertz CT molecular complexity index is 430. The summed E-state index contributed by atoms with van der Waals surface area (Å²) in [6.07, 6.45) is 2.52. The number of ether oxygens (including phenoxy) is 2. The number of methoxy groups -OCH3 is 2. The molecule has 4 heteroatoms. The van der Waals surface area contributed by atoms with Crippen LogP contribution in [0.15, 0.2) is 18.2 Å². The van der Waals surface area contributed by atoms with Crippen LogP contribution in [-0.2, 0) is 0 Å². The molecule has 2 unspecified atom stereocenters. The number of nitrogens with one attached hydrogen (secondary N) is 1. The van der Waals surface area contributed by atoms with E-state index in [4.69, 9.17) is 9.47 Å². The molecular weight excluding hydrogens is 258 g/mol. The van der Waals surface area contributed by atoms with Crippen molar-refractivity contribution >= 4 is 11.8 Å². The van der Waals surface area contributed by atoms with E-state index in [0.717, 1.165) is 11.5 Å². The Balaban J connectivity index is 2.37. The highest BCUT2D eigenvalue weighted by Crippen LogP contribution is 2.48. The Morgan fingerprint density at radius 1 is 1.32 bits per heavy atom. The lowest BCUT2D eigenvalue weighted by atomic mass is 9.89. The largest absolute Gasteiger partial charge is 0.497 e. The van der Waals surface area contributed by atoms with Gasteiger partial charge in [-0.3, -0.25) is 0 Å². The molecule has 0 aromatic heterocycles. The Morgan fingerprint density at radius 2 is 2.11 bits per heavy atom. The number of hydrogen-bond acceptors (Lipinski definition) is 4. The van der Waals surface area contributed by atoms with Gasteiger partial charge in [-0.2, -0.15) is 11.8 Å². The average Bonchev–Trinajstić information content (AvgIpc) is 2.87. The molecular formula is C15H23NO2S. The number of thioether (sulfide) groups is 1. The predicted octanol–water partition coefficient (Wildman–Crippen LogP) is 3.25. The molecule has 1 heterocycles. The van der Waals surface area contributed by atoms with E-state index in [2.05, 4.69) is 30.1 Å². The molecule has 19 heavy (non-hydrogen) atoms. The summed E-state index contributed by atoms with van der Waals surface area (Å²) in [6, 6.07) is 6.37.